The second-order valence-electron chi connectivity index (χ2n) is 9.06. The summed E-state index contributed by atoms with van der Waals surface area (Å²) >= 11 is 0. The van der Waals surface area contributed by atoms with Gasteiger partial charge in [0.05, 0.1) is 17.7 Å². The third kappa shape index (κ3) is 4.43. The Labute approximate surface area is 198 Å². The van der Waals surface area contributed by atoms with Crippen LogP contribution in [0.15, 0.2) is 42.7 Å². The lowest BCUT2D eigenvalue weighted by Crippen LogP contribution is -2.49. The third-order valence-electron chi connectivity index (χ3n) is 6.90. The van der Waals surface area contributed by atoms with E-state index in [2.05, 4.69) is 40.3 Å². The van der Waals surface area contributed by atoms with Gasteiger partial charge in [0.2, 0.25) is 5.91 Å². The number of benzene rings is 2. The van der Waals surface area contributed by atoms with Gasteiger partial charge in [0.25, 0.3) is 0 Å². The van der Waals surface area contributed by atoms with Crippen molar-refractivity contribution < 1.29 is 14.3 Å². The largest absolute Gasteiger partial charge is 0.457 e. The van der Waals surface area contributed by atoms with Crippen molar-refractivity contribution in [1.82, 2.24) is 30.0 Å². The van der Waals surface area contributed by atoms with Crippen LogP contribution in [0.25, 0.3) is 5.69 Å². The van der Waals surface area contributed by atoms with E-state index in [0.717, 1.165) is 55.1 Å². The molecular weight excluding hydrogens is 432 g/mol. The topological polar surface area (TPSA) is 93.5 Å². The SMILES string of the molecule is Cc1c(C(C)CN2CCN(C(=O)Cc3ccc(-n4cnnn4)cc3)CC2)ccc2c1COC2=O. The number of ether oxygens (including phenoxy) is 1. The molecule has 2 aliphatic rings. The van der Waals surface area contributed by atoms with Crippen molar-refractivity contribution in [2.75, 3.05) is 32.7 Å². The third-order valence-corrected chi connectivity index (χ3v) is 6.90. The Morgan fingerprint density at radius 2 is 1.85 bits per heavy atom. The van der Waals surface area contributed by atoms with Crippen LogP contribution in [0.3, 0.4) is 0 Å². The first kappa shape index (κ1) is 22.2. The number of cyclic esters (lactones) is 1. The van der Waals surface area contributed by atoms with E-state index in [1.807, 2.05) is 35.2 Å². The summed E-state index contributed by atoms with van der Waals surface area (Å²) in [4.78, 5) is 29.0. The minimum absolute atomic E-state index is 0.155. The first-order valence-corrected chi connectivity index (χ1v) is 11.6. The number of carbonyl (C=O) groups is 2. The molecule has 0 aliphatic carbocycles. The fourth-order valence-electron chi connectivity index (χ4n) is 4.90. The molecule has 0 bridgehead atoms. The first-order valence-electron chi connectivity index (χ1n) is 11.6. The van der Waals surface area contributed by atoms with Crippen LogP contribution >= 0.6 is 0 Å². The normalized spacial score (nSPS) is 16.9. The molecule has 5 rings (SSSR count). The highest BCUT2D eigenvalue weighted by molar-refractivity contribution is 5.94. The average molecular weight is 461 g/mol. The maximum Gasteiger partial charge on any atom is 0.338 e. The number of amides is 1. The van der Waals surface area contributed by atoms with Crippen LogP contribution < -0.4 is 0 Å². The molecule has 1 amide bonds. The quantitative estimate of drug-likeness (QED) is 0.520. The van der Waals surface area contributed by atoms with Crippen LogP contribution in [0, 0.1) is 6.92 Å². The smallest absolute Gasteiger partial charge is 0.338 e. The number of hydrogen-bond donors (Lipinski definition) is 0. The molecular formula is C25H28N6O3. The summed E-state index contributed by atoms with van der Waals surface area (Å²) in [6.45, 7) is 8.80. The highest BCUT2D eigenvalue weighted by atomic mass is 16.5. The van der Waals surface area contributed by atoms with Crippen LogP contribution in [0.5, 0.6) is 0 Å². The molecule has 1 saturated heterocycles. The van der Waals surface area contributed by atoms with Crippen LogP contribution in [-0.2, 0) is 22.6 Å². The van der Waals surface area contributed by atoms with Gasteiger partial charge in [-0.2, -0.15) is 0 Å². The number of piperazine rings is 1. The molecule has 3 heterocycles. The van der Waals surface area contributed by atoms with E-state index >= 15 is 0 Å². The number of carbonyl (C=O) groups excluding carboxylic acids is 2. The number of aromatic nitrogens is 4. The number of rotatable bonds is 6. The molecule has 1 atom stereocenters. The fourth-order valence-corrected chi connectivity index (χ4v) is 4.90. The molecule has 1 unspecified atom stereocenters. The Hall–Kier alpha value is -3.59. The Balaban J connectivity index is 1.13. The number of esters is 1. The lowest BCUT2D eigenvalue weighted by atomic mass is 9.90. The molecule has 2 aliphatic heterocycles. The van der Waals surface area contributed by atoms with E-state index in [4.69, 9.17) is 4.74 Å². The number of tetrazole rings is 1. The lowest BCUT2D eigenvalue weighted by molar-refractivity contribution is -0.132. The van der Waals surface area contributed by atoms with Gasteiger partial charge < -0.3 is 9.64 Å². The minimum Gasteiger partial charge on any atom is -0.457 e. The van der Waals surface area contributed by atoms with E-state index in [0.29, 0.717) is 24.5 Å². The zero-order valence-corrected chi connectivity index (χ0v) is 19.5. The molecule has 0 N–H and O–H groups in total. The monoisotopic (exact) mass is 460 g/mol. The highest BCUT2D eigenvalue weighted by Crippen LogP contribution is 2.30. The summed E-state index contributed by atoms with van der Waals surface area (Å²) in [7, 11) is 0. The molecule has 9 heteroatoms. The maximum atomic E-state index is 12.8. The Morgan fingerprint density at radius 3 is 2.56 bits per heavy atom. The molecule has 0 radical (unpaired) electrons. The average Bonchev–Trinajstić information content (AvgIpc) is 3.51. The van der Waals surface area contributed by atoms with E-state index < -0.39 is 0 Å². The second-order valence-corrected chi connectivity index (χ2v) is 9.06. The van der Waals surface area contributed by atoms with Crippen molar-refractivity contribution in [3.8, 4) is 5.69 Å². The van der Waals surface area contributed by atoms with Crippen molar-refractivity contribution in [3.63, 3.8) is 0 Å². The van der Waals surface area contributed by atoms with E-state index in [-0.39, 0.29) is 11.9 Å². The van der Waals surface area contributed by atoms with Crippen molar-refractivity contribution in [3.05, 3.63) is 70.5 Å². The number of nitrogens with zero attached hydrogens (tertiary/aromatic N) is 6. The van der Waals surface area contributed by atoms with Gasteiger partial charge in [-0.05, 0) is 58.2 Å². The molecule has 3 aromatic rings. The van der Waals surface area contributed by atoms with Crippen molar-refractivity contribution >= 4 is 11.9 Å². The minimum atomic E-state index is -0.221. The number of hydrogen-bond acceptors (Lipinski definition) is 7. The van der Waals surface area contributed by atoms with E-state index in [1.165, 1.54) is 5.56 Å². The summed E-state index contributed by atoms with van der Waals surface area (Å²) in [6, 6.07) is 11.7. The van der Waals surface area contributed by atoms with Crippen LogP contribution in [0.2, 0.25) is 0 Å². The Kier molecular flexibility index (Phi) is 6.10. The molecule has 0 spiro atoms. The van der Waals surface area contributed by atoms with Gasteiger partial charge in [0.15, 0.2) is 0 Å². The molecule has 9 nitrogen and oxygen atoms in total. The molecule has 0 saturated carbocycles. The van der Waals surface area contributed by atoms with E-state index in [1.54, 1.807) is 11.0 Å². The zero-order chi connectivity index (χ0) is 23.7. The summed E-state index contributed by atoms with van der Waals surface area (Å²) in [5.41, 5.74) is 5.99. The Bertz CT molecular complexity index is 1180. The first-order chi connectivity index (χ1) is 16.5. The van der Waals surface area contributed by atoms with Gasteiger partial charge in [0, 0.05) is 38.3 Å². The fraction of sp³-hybridized carbons (Fsp3) is 0.400. The zero-order valence-electron chi connectivity index (χ0n) is 19.5. The van der Waals surface area contributed by atoms with Crippen molar-refractivity contribution in [2.45, 2.75) is 32.8 Å². The van der Waals surface area contributed by atoms with Gasteiger partial charge in [-0.25, -0.2) is 9.48 Å². The van der Waals surface area contributed by atoms with Crippen LogP contribution in [0.1, 0.15) is 45.5 Å². The summed E-state index contributed by atoms with van der Waals surface area (Å²) < 4.78 is 6.78. The van der Waals surface area contributed by atoms with Crippen LogP contribution in [0.4, 0.5) is 0 Å². The van der Waals surface area contributed by atoms with Gasteiger partial charge in [-0.1, -0.05) is 25.1 Å². The molecule has 1 fully saturated rings. The van der Waals surface area contributed by atoms with Crippen LogP contribution in [-0.4, -0.2) is 74.6 Å². The van der Waals surface area contributed by atoms with Crippen molar-refractivity contribution in [2.24, 2.45) is 0 Å². The summed E-state index contributed by atoms with van der Waals surface area (Å²) in [5, 5.41) is 11.2. The predicted molar refractivity (Wildman–Crippen MR) is 125 cm³/mol. The molecule has 34 heavy (non-hydrogen) atoms. The van der Waals surface area contributed by atoms with Crippen molar-refractivity contribution in [1.29, 1.82) is 0 Å². The molecule has 1 aromatic heterocycles. The van der Waals surface area contributed by atoms with E-state index in [9.17, 15) is 9.59 Å². The van der Waals surface area contributed by atoms with Gasteiger partial charge in [0.1, 0.15) is 12.9 Å². The molecule has 176 valence electrons. The second kappa shape index (κ2) is 9.34. The summed E-state index contributed by atoms with van der Waals surface area (Å²) in [6.07, 6.45) is 1.93. The predicted octanol–water partition coefficient (Wildman–Crippen LogP) is 2.13. The standard InChI is InChI=1S/C25H28N6O3/c1-17(21-7-8-22-23(18(21)2)15-34-25(22)33)14-29-9-11-30(12-10-29)24(32)13-19-3-5-20(6-4-19)31-16-26-27-28-31/h3-8,16-17H,9-15H2,1-2H3. The van der Waals surface area contributed by atoms with Gasteiger partial charge in [-0.3, -0.25) is 9.69 Å². The highest BCUT2D eigenvalue weighted by Gasteiger charge is 2.27. The van der Waals surface area contributed by atoms with Gasteiger partial charge in [-0.15, -0.1) is 5.10 Å². The lowest BCUT2D eigenvalue weighted by Gasteiger charge is -2.36. The summed E-state index contributed by atoms with van der Waals surface area (Å²) in [5.74, 6) is 0.269. The van der Waals surface area contributed by atoms with Gasteiger partial charge >= 0.3 is 5.97 Å². The Morgan fingerprint density at radius 1 is 1.09 bits per heavy atom. The number of fused-ring (bicyclic) bond motifs is 1. The maximum absolute atomic E-state index is 12.8. The molecule has 2 aromatic carbocycles.